The molecule has 10 aromatic rings. The van der Waals surface area contributed by atoms with Crippen LogP contribution in [-0.4, -0.2) is 0 Å². The Morgan fingerprint density at radius 3 is 1.10 bits per heavy atom. The van der Waals surface area contributed by atoms with E-state index in [-0.39, 0.29) is 0 Å². The van der Waals surface area contributed by atoms with Crippen molar-refractivity contribution in [2.45, 2.75) is 158 Å². The van der Waals surface area contributed by atoms with E-state index in [1.54, 1.807) is 0 Å². The molecule has 6 aliphatic carbocycles. The van der Waals surface area contributed by atoms with Gasteiger partial charge in [-0.1, -0.05) is 204 Å². The van der Waals surface area contributed by atoms with E-state index in [2.05, 4.69) is 216 Å². The fourth-order valence-electron chi connectivity index (χ4n) is 17.2. The molecule has 10 aromatic carbocycles. The Labute approximate surface area is 493 Å². The summed E-state index contributed by atoms with van der Waals surface area (Å²) in [5.74, 6) is 2.62. The summed E-state index contributed by atoms with van der Waals surface area (Å²) in [5, 5.41) is 5.11. The molecule has 0 aliphatic heterocycles. The second-order valence-electron chi connectivity index (χ2n) is 26.0. The minimum atomic E-state index is -0.564. The van der Waals surface area contributed by atoms with Crippen LogP contribution < -0.4 is 9.80 Å². The fourth-order valence-corrected chi connectivity index (χ4v) is 17.2. The predicted octanol–water partition coefficient (Wildman–Crippen LogP) is 23.5. The topological polar surface area (TPSA) is 6.48 Å². The van der Waals surface area contributed by atoms with Crippen LogP contribution in [0.2, 0.25) is 0 Å². The molecule has 1 spiro atoms. The van der Waals surface area contributed by atoms with Crippen LogP contribution in [-0.2, 0) is 5.41 Å². The molecule has 0 saturated heterocycles. The summed E-state index contributed by atoms with van der Waals surface area (Å²) in [6, 6.07) is 82.2. The maximum Gasteiger partial charge on any atom is 0.0726 e. The SMILES string of the molecule is c1ccc2c(c1)-c1ccccc1C21c2cc3cc(N(c4ccc(C5CCCCC5)cc4)c4ccc(C5CCCCC5)cc4)ccc3cc2-c2c1cc(N(c1ccc(C3CCCCC3)cc1)c1ccc(C3CCCCC3)cc1)c1ccccc21. The van der Waals surface area contributed by atoms with Gasteiger partial charge in [0.05, 0.1) is 11.1 Å². The van der Waals surface area contributed by atoms with Crippen LogP contribution in [0.5, 0.6) is 0 Å². The van der Waals surface area contributed by atoms with Gasteiger partial charge in [0.25, 0.3) is 0 Å². The number of hydrogen-bond donors (Lipinski definition) is 0. The molecule has 0 atom stereocenters. The third-order valence-corrected chi connectivity index (χ3v) is 21.4. The molecule has 412 valence electrons. The molecule has 2 nitrogen and oxygen atoms in total. The van der Waals surface area contributed by atoms with Crippen LogP contribution in [0.1, 0.15) is 197 Å². The Hall–Kier alpha value is -7.68. The van der Waals surface area contributed by atoms with E-state index >= 15 is 0 Å². The maximum atomic E-state index is 2.65. The lowest BCUT2D eigenvalue weighted by atomic mass is 9.70. The highest BCUT2D eigenvalue weighted by atomic mass is 15.1. The van der Waals surface area contributed by atoms with E-state index in [1.807, 2.05) is 0 Å². The molecular weight excluding hydrogens is 1000 g/mol. The van der Waals surface area contributed by atoms with Gasteiger partial charge in [0.15, 0.2) is 0 Å². The Morgan fingerprint density at radius 2 is 0.651 bits per heavy atom. The first-order valence-corrected chi connectivity index (χ1v) is 32.5. The van der Waals surface area contributed by atoms with Crippen molar-refractivity contribution in [2.75, 3.05) is 9.80 Å². The van der Waals surface area contributed by atoms with Gasteiger partial charge in [0, 0.05) is 33.8 Å². The molecule has 6 aliphatic rings. The van der Waals surface area contributed by atoms with Crippen molar-refractivity contribution in [1.29, 1.82) is 0 Å². The standard InChI is InChI=1S/C81H78N2/c1-5-19-55(20-6-1)59-33-42-65(43-34-59)82(66-44-35-60(36-45-66)56-21-7-2-8-22-56)69-50-41-63-52-74-77(53-64(63)51-69)81(75-31-17-15-27-70(75)71-28-16-18-32-76(71)81)78-54-79(72-29-13-14-30-73(72)80(74)78)83(67-46-37-61(38-47-67)57-23-9-3-10-24-57)68-48-39-62(40-49-68)58-25-11-4-12-26-58/h13-18,27-58H,1-12,19-26H2. The molecule has 0 amide bonds. The number of rotatable bonds is 10. The molecule has 0 unspecified atom stereocenters. The summed E-state index contributed by atoms with van der Waals surface area (Å²) in [6.07, 6.45) is 26.6. The van der Waals surface area contributed by atoms with Crippen LogP contribution >= 0.6 is 0 Å². The number of benzene rings is 10. The van der Waals surface area contributed by atoms with Gasteiger partial charge in [-0.15, -0.1) is 0 Å². The number of fused-ring (bicyclic) bond motifs is 13. The van der Waals surface area contributed by atoms with E-state index in [0.717, 1.165) is 0 Å². The minimum absolute atomic E-state index is 0.564. The first kappa shape index (κ1) is 51.0. The van der Waals surface area contributed by atoms with Crippen molar-refractivity contribution in [3.8, 4) is 22.3 Å². The van der Waals surface area contributed by atoms with Crippen molar-refractivity contribution >= 4 is 55.7 Å². The highest BCUT2D eigenvalue weighted by Crippen LogP contribution is 2.65. The van der Waals surface area contributed by atoms with Gasteiger partial charge in [0.1, 0.15) is 0 Å². The zero-order valence-electron chi connectivity index (χ0n) is 48.5. The van der Waals surface area contributed by atoms with E-state index in [1.165, 1.54) is 251 Å². The van der Waals surface area contributed by atoms with Gasteiger partial charge in [-0.05, 0) is 237 Å². The fraction of sp³-hybridized carbons (Fsp3) is 0.309. The van der Waals surface area contributed by atoms with Gasteiger partial charge in [-0.25, -0.2) is 0 Å². The van der Waals surface area contributed by atoms with Gasteiger partial charge in [-0.3, -0.25) is 0 Å². The Bertz CT molecular complexity index is 3820. The van der Waals surface area contributed by atoms with Gasteiger partial charge in [0.2, 0.25) is 0 Å². The second-order valence-corrected chi connectivity index (χ2v) is 26.0. The highest BCUT2D eigenvalue weighted by Gasteiger charge is 2.52. The van der Waals surface area contributed by atoms with Gasteiger partial charge >= 0.3 is 0 Å². The molecule has 4 saturated carbocycles. The van der Waals surface area contributed by atoms with E-state index in [4.69, 9.17) is 0 Å². The monoisotopic (exact) mass is 1080 g/mol. The van der Waals surface area contributed by atoms with Crippen molar-refractivity contribution in [1.82, 2.24) is 0 Å². The first-order valence-electron chi connectivity index (χ1n) is 32.5. The normalized spacial score (nSPS) is 18.0. The zero-order valence-corrected chi connectivity index (χ0v) is 48.5. The molecule has 16 rings (SSSR count). The van der Waals surface area contributed by atoms with Gasteiger partial charge < -0.3 is 9.80 Å². The Morgan fingerprint density at radius 1 is 0.265 bits per heavy atom. The molecule has 83 heavy (non-hydrogen) atoms. The number of nitrogens with zero attached hydrogens (tertiary/aromatic N) is 2. The van der Waals surface area contributed by atoms with Crippen molar-refractivity contribution in [3.63, 3.8) is 0 Å². The molecule has 2 heteroatoms. The predicted molar refractivity (Wildman–Crippen MR) is 350 cm³/mol. The first-order chi connectivity index (χ1) is 41.2. The Kier molecular flexibility index (Phi) is 13.2. The zero-order chi connectivity index (χ0) is 54.8. The average molecular weight is 1080 g/mol. The summed E-state index contributed by atoms with van der Waals surface area (Å²) in [7, 11) is 0. The van der Waals surface area contributed by atoms with Crippen LogP contribution in [0.4, 0.5) is 34.1 Å². The lowest BCUT2D eigenvalue weighted by Crippen LogP contribution is -2.26. The summed E-state index contributed by atoms with van der Waals surface area (Å²) in [5.41, 5.74) is 23.5. The minimum Gasteiger partial charge on any atom is -0.310 e. The summed E-state index contributed by atoms with van der Waals surface area (Å²) < 4.78 is 0. The van der Waals surface area contributed by atoms with Crippen molar-refractivity contribution in [3.05, 3.63) is 251 Å². The Balaban J connectivity index is 0.891. The van der Waals surface area contributed by atoms with Crippen LogP contribution in [0.25, 0.3) is 43.8 Å². The van der Waals surface area contributed by atoms with E-state index in [9.17, 15) is 0 Å². The number of hydrogen-bond acceptors (Lipinski definition) is 2. The highest BCUT2D eigenvalue weighted by molar-refractivity contribution is 6.13. The van der Waals surface area contributed by atoms with E-state index in [0.29, 0.717) is 23.7 Å². The lowest BCUT2D eigenvalue weighted by Gasteiger charge is -2.33. The van der Waals surface area contributed by atoms with Gasteiger partial charge in [-0.2, -0.15) is 0 Å². The van der Waals surface area contributed by atoms with Crippen LogP contribution in [0.15, 0.2) is 206 Å². The lowest BCUT2D eigenvalue weighted by molar-refractivity contribution is 0.443. The van der Waals surface area contributed by atoms with Crippen molar-refractivity contribution < 1.29 is 0 Å². The quantitative estimate of drug-likeness (QED) is 0.135. The largest absolute Gasteiger partial charge is 0.310 e. The van der Waals surface area contributed by atoms with Crippen molar-refractivity contribution in [2.24, 2.45) is 0 Å². The molecule has 0 heterocycles. The number of anilines is 6. The van der Waals surface area contributed by atoms with Crippen LogP contribution in [0.3, 0.4) is 0 Å². The molecule has 0 aromatic heterocycles. The third-order valence-electron chi connectivity index (χ3n) is 21.4. The smallest absolute Gasteiger partial charge is 0.0726 e. The van der Waals surface area contributed by atoms with E-state index < -0.39 is 5.41 Å². The average Bonchev–Trinajstić information content (AvgIpc) is 1.56. The molecule has 0 bridgehead atoms. The molecular formula is C81H78N2. The molecule has 0 radical (unpaired) electrons. The maximum absolute atomic E-state index is 2.65. The second kappa shape index (κ2) is 21.5. The molecule has 0 N–H and O–H groups in total. The summed E-state index contributed by atoms with van der Waals surface area (Å²) >= 11 is 0. The molecule has 4 fully saturated rings. The summed E-state index contributed by atoms with van der Waals surface area (Å²) in [4.78, 5) is 5.15. The summed E-state index contributed by atoms with van der Waals surface area (Å²) in [6.45, 7) is 0. The van der Waals surface area contributed by atoms with Crippen LogP contribution in [0, 0.1) is 0 Å². The third kappa shape index (κ3) is 8.79.